The van der Waals surface area contributed by atoms with Crippen molar-refractivity contribution in [3.8, 4) is 17.2 Å². The summed E-state index contributed by atoms with van der Waals surface area (Å²) in [6.45, 7) is 2.16. The second kappa shape index (κ2) is 7.08. The minimum atomic E-state index is -0.175. The predicted octanol–water partition coefficient (Wildman–Crippen LogP) is 3.31. The van der Waals surface area contributed by atoms with E-state index >= 15 is 0 Å². The van der Waals surface area contributed by atoms with Crippen LogP contribution < -0.4 is 19.5 Å². The van der Waals surface area contributed by atoms with Crippen LogP contribution in [0.2, 0.25) is 0 Å². The molecule has 0 saturated carbocycles. The third-order valence-corrected chi connectivity index (χ3v) is 3.79. The molecule has 0 radical (unpaired) electrons. The van der Waals surface area contributed by atoms with Crippen molar-refractivity contribution in [1.82, 2.24) is 5.32 Å². The van der Waals surface area contributed by atoms with Gasteiger partial charge in [0.05, 0.1) is 13.2 Å². The van der Waals surface area contributed by atoms with E-state index < -0.39 is 0 Å². The van der Waals surface area contributed by atoms with Gasteiger partial charge in [-0.1, -0.05) is 24.3 Å². The standard InChI is InChI=1S/C19H19NO4/c1-13(15-5-3-4-6-16(15)22-2)20-19(21)10-8-14-7-9-17-18(11-14)24-12-23-17/h3-11,13H,12H2,1-2H3,(H,20,21)/b10-8+. The van der Waals surface area contributed by atoms with Crippen LogP contribution in [0.5, 0.6) is 17.2 Å². The number of hydrogen-bond acceptors (Lipinski definition) is 4. The molecule has 5 heteroatoms. The van der Waals surface area contributed by atoms with Crippen LogP contribution in [0.3, 0.4) is 0 Å². The fourth-order valence-electron chi connectivity index (χ4n) is 2.55. The molecule has 124 valence electrons. The van der Waals surface area contributed by atoms with Gasteiger partial charge in [0.15, 0.2) is 11.5 Å². The molecule has 0 fully saturated rings. The number of ether oxygens (including phenoxy) is 3. The molecule has 1 amide bonds. The van der Waals surface area contributed by atoms with Gasteiger partial charge in [0.2, 0.25) is 12.7 Å². The van der Waals surface area contributed by atoms with Gasteiger partial charge in [-0.25, -0.2) is 0 Å². The van der Waals surface area contributed by atoms with Crippen molar-refractivity contribution in [3.05, 3.63) is 59.7 Å². The molecule has 1 aliphatic heterocycles. The number of methoxy groups -OCH3 is 1. The number of benzene rings is 2. The average molecular weight is 325 g/mol. The van der Waals surface area contributed by atoms with Gasteiger partial charge in [-0.3, -0.25) is 4.79 Å². The van der Waals surface area contributed by atoms with Crippen molar-refractivity contribution in [2.24, 2.45) is 0 Å². The van der Waals surface area contributed by atoms with Crippen molar-refractivity contribution in [2.75, 3.05) is 13.9 Å². The van der Waals surface area contributed by atoms with Crippen molar-refractivity contribution < 1.29 is 19.0 Å². The lowest BCUT2D eigenvalue weighted by atomic mass is 10.1. The van der Waals surface area contributed by atoms with Crippen molar-refractivity contribution >= 4 is 12.0 Å². The predicted molar refractivity (Wildman–Crippen MR) is 91.2 cm³/mol. The van der Waals surface area contributed by atoms with Crippen molar-refractivity contribution in [2.45, 2.75) is 13.0 Å². The molecule has 1 unspecified atom stereocenters. The average Bonchev–Trinajstić information content (AvgIpc) is 3.07. The summed E-state index contributed by atoms with van der Waals surface area (Å²) < 4.78 is 15.9. The Bertz CT molecular complexity index is 770. The first-order valence-corrected chi connectivity index (χ1v) is 7.68. The topological polar surface area (TPSA) is 56.8 Å². The molecule has 0 saturated heterocycles. The second-order valence-electron chi connectivity index (χ2n) is 5.42. The molecule has 0 bridgehead atoms. The van der Waals surface area contributed by atoms with E-state index in [2.05, 4.69) is 5.32 Å². The van der Waals surface area contributed by atoms with Crippen LogP contribution in [-0.4, -0.2) is 19.8 Å². The monoisotopic (exact) mass is 325 g/mol. The van der Waals surface area contributed by atoms with Gasteiger partial charge in [-0.05, 0) is 36.8 Å². The van der Waals surface area contributed by atoms with Gasteiger partial charge in [0.1, 0.15) is 5.75 Å². The van der Waals surface area contributed by atoms with Crippen LogP contribution >= 0.6 is 0 Å². The van der Waals surface area contributed by atoms with Crippen molar-refractivity contribution in [1.29, 1.82) is 0 Å². The Labute approximate surface area is 140 Å². The van der Waals surface area contributed by atoms with E-state index in [0.29, 0.717) is 5.75 Å². The number of nitrogens with one attached hydrogen (secondary N) is 1. The summed E-state index contributed by atoms with van der Waals surface area (Å²) in [6.07, 6.45) is 3.25. The number of carbonyl (C=O) groups is 1. The number of amides is 1. The quantitative estimate of drug-likeness (QED) is 0.857. The van der Waals surface area contributed by atoms with E-state index in [9.17, 15) is 4.79 Å². The fraction of sp³-hybridized carbons (Fsp3) is 0.211. The molecule has 3 rings (SSSR count). The van der Waals surface area contributed by atoms with Gasteiger partial charge < -0.3 is 19.5 Å². The highest BCUT2D eigenvalue weighted by Crippen LogP contribution is 2.32. The molecule has 1 atom stereocenters. The largest absolute Gasteiger partial charge is 0.496 e. The Morgan fingerprint density at radius 3 is 2.83 bits per heavy atom. The summed E-state index contributed by atoms with van der Waals surface area (Å²) in [5.41, 5.74) is 1.81. The van der Waals surface area contributed by atoms with Crippen molar-refractivity contribution in [3.63, 3.8) is 0 Å². The zero-order valence-electron chi connectivity index (χ0n) is 13.6. The van der Waals surface area contributed by atoms with E-state index in [1.807, 2.05) is 49.4 Å². The summed E-state index contributed by atoms with van der Waals surface area (Å²) in [6, 6.07) is 13.0. The van der Waals surface area contributed by atoms with Crippen LogP contribution in [0.25, 0.3) is 6.08 Å². The fourth-order valence-corrected chi connectivity index (χ4v) is 2.55. The number of fused-ring (bicyclic) bond motifs is 1. The van der Waals surface area contributed by atoms with E-state index in [1.165, 1.54) is 6.08 Å². The minimum absolute atomic E-state index is 0.157. The molecule has 0 aromatic heterocycles. The Hall–Kier alpha value is -2.95. The van der Waals surface area contributed by atoms with E-state index in [-0.39, 0.29) is 18.7 Å². The molecule has 1 heterocycles. The lowest BCUT2D eigenvalue weighted by Crippen LogP contribution is -2.24. The summed E-state index contributed by atoms with van der Waals surface area (Å²) in [5.74, 6) is 2.00. The highest BCUT2D eigenvalue weighted by Gasteiger charge is 2.13. The van der Waals surface area contributed by atoms with Gasteiger partial charge >= 0.3 is 0 Å². The first-order chi connectivity index (χ1) is 11.7. The Morgan fingerprint density at radius 2 is 2.00 bits per heavy atom. The third-order valence-electron chi connectivity index (χ3n) is 3.79. The number of para-hydroxylation sites is 1. The van der Waals surface area contributed by atoms with E-state index in [1.54, 1.807) is 13.2 Å². The lowest BCUT2D eigenvalue weighted by Gasteiger charge is -2.16. The SMILES string of the molecule is COc1ccccc1C(C)NC(=O)/C=C/c1ccc2c(c1)OCO2. The first-order valence-electron chi connectivity index (χ1n) is 7.68. The smallest absolute Gasteiger partial charge is 0.244 e. The van der Waals surface area contributed by atoms with Crippen LogP contribution in [0.1, 0.15) is 24.1 Å². The van der Waals surface area contributed by atoms with Gasteiger partial charge in [0, 0.05) is 11.6 Å². The molecule has 2 aromatic rings. The van der Waals surface area contributed by atoms with Crippen LogP contribution in [0.4, 0.5) is 0 Å². The minimum Gasteiger partial charge on any atom is -0.496 e. The molecule has 0 spiro atoms. The Kier molecular flexibility index (Phi) is 4.70. The van der Waals surface area contributed by atoms with Crippen LogP contribution in [-0.2, 0) is 4.79 Å². The summed E-state index contributed by atoms with van der Waals surface area (Å²) in [4.78, 5) is 12.1. The molecule has 1 N–H and O–H groups in total. The molecule has 0 aliphatic carbocycles. The highest BCUT2D eigenvalue weighted by atomic mass is 16.7. The molecule has 1 aliphatic rings. The summed E-state index contributed by atoms with van der Waals surface area (Å²) >= 11 is 0. The Balaban J connectivity index is 1.64. The molecule has 5 nitrogen and oxygen atoms in total. The normalized spacial score (nSPS) is 13.8. The zero-order valence-corrected chi connectivity index (χ0v) is 13.6. The van der Waals surface area contributed by atoms with E-state index in [0.717, 1.165) is 22.6 Å². The third kappa shape index (κ3) is 3.51. The summed E-state index contributed by atoms with van der Waals surface area (Å²) in [7, 11) is 1.62. The number of rotatable bonds is 5. The van der Waals surface area contributed by atoms with Gasteiger partial charge in [-0.2, -0.15) is 0 Å². The number of hydrogen-bond donors (Lipinski definition) is 1. The lowest BCUT2D eigenvalue weighted by molar-refractivity contribution is -0.117. The van der Waals surface area contributed by atoms with Gasteiger partial charge in [0.25, 0.3) is 0 Å². The van der Waals surface area contributed by atoms with Crippen LogP contribution in [0, 0.1) is 0 Å². The maximum Gasteiger partial charge on any atom is 0.244 e. The maximum absolute atomic E-state index is 12.1. The second-order valence-corrected chi connectivity index (χ2v) is 5.42. The zero-order chi connectivity index (χ0) is 16.9. The summed E-state index contributed by atoms with van der Waals surface area (Å²) in [5, 5.41) is 2.93. The first kappa shape index (κ1) is 15.9. The molecular weight excluding hydrogens is 306 g/mol. The van der Waals surface area contributed by atoms with E-state index in [4.69, 9.17) is 14.2 Å². The molecular formula is C19H19NO4. The maximum atomic E-state index is 12.1. The number of carbonyl (C=O) groups excluding carboxylic acids is 1. The van der Waals surface area contributed by atoms with Crippen LogP contribution in [0.15, 0.2) is 48.5 Å². The highest BCUT2D eigenvalue weighted by molar-refractivity contribution is 5.92. The molecule has 24 heavy (non-hydrogen) atoms. The molecule has 2 aromatic carbocycles. The van der Waals surface area contributed by atoms with Gasteiger partial charge in [-0.15, -0.1) is 0 Å². The Morgan fingerprint density at radius 1 is 1.21 bits per heavy atom.